The second-order valence-corrected chi connectivity index (χ2v) is 11.6. The topological polar surface area (TPSA) is 78.5 Å². The number of benzene rings is 2. The third-order valence-electron chi connectivity index (χ3n) is 6.57. The molecule has 1 aliphatic heterocycles. The maximum atomic E-state index is 13.7. The van der Waals surface area contributed by atoms with Crippen molar-refractivity contribution >= 4 is 38.9 Å². The number of amides is 1. The van der Waals surface area contributed by atoms with E-state index in [4.69, 9.17) is 11.6 Å². The number of sulfonamides is 1. The van der Waals surface area contributed by atoms with E-state index in [-0.39, 0.29) is 22.7 Å². The van der Waals surface area contributed by atoms with Crippen LogP contribution in [0.1, 0.15) is 56.7 Å². The van der Waals surface area contributed by atoms with E-state index in [0.29, 0.717) is 11.4 Å². The van der Waals surface area contributed by atoms with Gasteiger partial charge in [0.25, 0.3) is 0 Å². The minimum Gasteiger partial charge on any atom is -0.370 e. The third kappa shape index (κ3) is 5.20. The van der Waals surface area contributed by atoms with E-state index < -0.39 is 15.4 Å². The van der Waals surface area contributed by atoms with E-state index in [9.17, 15) is 13.2 Å². The fourth-order valence-electron chi connectivity index (χ4n) is 4.51. The Morgan fingerprint density at radius 3 is 2.58 bits per heavy atom. The number of aryl methyl sites for hydroxylation is 1. The van der Waals surface area contributed by atoms with Crippen molar-refractivity contribution in [2.75, 3.05) is 29.2 Å². The first-order valence-corrected chi connectivity index (χ1v) is 13.6. The van der Waals surface area contributed by atoms with E-state index in [2.05, 4.69) is 21.0 Å². The van der Waals surface area contributed by atoms with E-state index in [1.54, 1.807) is 32.0 Å². The lowest BCUT2D eigenvalue weighted by Gasteiger charge is -2.28. The van der Waals surface area contributed by atoms with Crippen LogP contribution >= 0.6 is 11.6 Å². The van der Waals surface area contributed by atoms with Crippen molar-refractivity contribution in [3.05, 3.63) is 53.6 Å². The summed E-state index contributed by atoms with van der Waals surface area (Å²) in [6.45, 7) is 5.15. The molecule has 1 atom stereocenters. The Morgan fingerprint density at radius 1 is 1.12 bits per heavy atom. The van der Waals surface area contributed by atoms with Crippen LogP contribution in [-0.4, -0.2) is 33.3 Å². The highest BCUT2D eigenvalue weighted by atomic mass is 35.5. The lowest BCUT2D eigenvalue weighted by atomic mass is 9.88. The van der Waals surface area contributed by atoms with Crippen LogP contribution < -0.4 is 14.9 Å². The molecule has 2 aromatic rings. The summed E-state index contributed by atoms with van der Waals surface area (Å²) < 4.78 is 30.4. The van der Waals surface area contributed by atoms with Crippen molar-refractivity contribution in [3.8, 4) is 0 Å². The molecule has 1 fully saturated rings. The van der Waals surface area contributed by atoms with Crippen molar-refractivity contribution in [1.29, 1.82) is 0 Å². The normalized spacial score (nSPS) is 18.8. The summed E-state index contributed by atoms with van der Waals surface area (Å²) in [5.74, 6) is -0.0812. The number of carbonyl (C=O) groups is 1. The van der Waals surface area contributed by atoms with Gasteiger partial charge < -0.3 is 10.2 Å². The second kappa shape index (κ2) is 9.65. The van der Waals surface area contributed by atoms with E-state index in [0.717, 1.165) is 50.8 Å². The van der Waals surface area contributed by atoms with Crippen LogP contribution in [0.5, 0.6) is 0 Å². The molecule has 1 aliphatic carbocycles. The molecule has 0 bridgehead atoms. The highest BCUT2D eigenvalue weighted by Gasteiger charge is 2.31. The fraction of sp³-hybridized carbons (Fsp3) is 0.480. The van der Waals surface area contributed by atoms with Crippen molar-refractivity contribution in [1.82, 2.24) is 4.72 Å². The van der Waals surface area contributed by atoms with Gasteiger partial charge in [0.05, 0.1) is 11.1 Å². The number of nitrogens with one attached hydrogen (secondary N) is 2. The van der Waals surface area contributed by atoms with Gasteiger partial charge in [-0.2, -0.15) is 0 Å². The van der Waals surface area contributed by atoms with Gasteiger partial charge in [0, 0.05) is 30.7 Å². The molecule has 0 spiro atoms. The maximum Gasteiger partial charge on any atom is 0.243 e. The Morgan fingerprint density at radius 2 is 1.85 bits per heavy atom. The minimum absolute atomic E-state index is 0.165. The summed E-state index contributed by atoms with van der Waals surface area (Å²) in [5.41, 5.74) is 2.60. The first-order chi connectivity index (χ1) is 15.7. The standard InChI is InChI=1S/C25H32ClN3O3S/c1-25(2,17-26)24(30)27-19-12-13-22(29-14-5-6-15-29)23(16-19)33(31,32)28-21-11-7-9-18-8-3-4-10-20(18)21/h3-4,8,10,12-13,16,21,28H,5-7,9,11,14-15,17H2,1-2H3,(H,27,30). The van der Waals surface area contributed by atoms with Crippen LogP contribution in [0.25, 0.3) is 0 Å². The van der Waals surface area contributed by atoms with Crippen LogP contribution in [0, 0.1) is 5.41 Å². The van der Waals surface area contributed by atoms with Crippen LogP contribution in [0.2, 0.25) is 0 Å². The maximum absolute atomic E-state index is 13.7. The number of anilines is 2. The molecular formula is C25H32ClN3O3S. The highest BCUT2D eigenvalue weighted by Crippen LogP contribution is 2.35. The number of rotatable bonds is 7. The predicted octanol–water partition coefficient (Wildman–Crippen LogP) is 4.85. The summed E-state index contributed by atoms with van der Waals surface area (Å²) in [7, 11) is -3.84. The molecule has 2 aromatic carbocycles. The predicted molar refractivity (Wildman–Crippen MR) is 133 cm³/mol. The second-order valence-electron chi connectivity index (χ2n) is 9.61. The summed E-state index contributed by atoms with van der Waals surface area (Å²) >= 11 is 5.95. The number of carbonyl (C=O) groups excluding carboxylic acids is 1. The van der Waals surface area contributed by atoms with Gasteiger partial charge in [-0.25, -0.2) is 13.1 Å². The van der Waals surface area contributed by atoms with Crippen molar-refractivity contribution in [2.24, 2.45) is 5.41 Å². The van der Waals surface area contributed by atoms with Gasteiger partial charge in [-0.1, -0.05) is 24.3 Å². The molecule has 1 saturated heterocycles. The Labute approximate surface area is 201 Å². The van der Waals surface area contributed by atoms with E-state index >= 15 is 0 Å². The minimum atomic E-state index is -3.84. The molecule has 6 nitrogen and oxygen atoms in total. The van der Waals surface area contributed by atoms with Crippen molar-refractivity contribution < 1.29 is 13.2 Å². The highest BCUT2D eigenvalue weighted by molar-refractivity contribution is 7.89. The summed E-state index contributed by atoms with van der Waals surface area (Å²) in [6.07, 6.45) is 4.73. The zero-order valence-electron chi connectivity index (χ0n) is 19.2. The average Bonchev–Trinajstić information content (AvgIpc) is 3.34. The molecule has 178 valence electrons. The summed E-state index contributed by atoms with van der Waals surface area (Å²) in [5, 5.41) is 2.85. The van der Waals surface area contributed by atoms with Gasteiger partial charge in [-0.05, 0) is 75.3 Å². The number of nitrogens with zero attached hydrogens (tertiary/aromatic N) is 1. The fourth-order valence-corrected chi connectivity index (χ4v) is 6.14. The Balaban J connectivity index is 1.68. The zero-order valence-corrected chi connectivity index (χ0v) is 20.8. The quantitative estimate of drug-likeness (QED) is 0.545. The summed E-state index contributed by atoms with van der Waals surface area (Å²) in [6, 6.07) is 12.9. The molecule has 1 amide bonds. The third-order valence-corrected chi connectivity index (χ3v) is 8.74. The van der Waals surface area contributed by atoms with E-state index in [1.165, 1.54) is 5.56 Å². The van der Waals surface area contributed by atoms with E-state index in [1.807, 2.05) is 18.2 Å². The first kappa shape index (κ1) is 24.0. The van der Waals surface area contributed by atoms with Gasteiger partial charge in [-0.15, -0.1) is 11.6 Å². The number of fused-ring (bicyclic) bond motifs is 1. The molecule has 0 aromatic heterocycles. The lowest BCUT2D eigenvalue weighted by molar-refractivity contribution is -0.122. The molecule has 33 heavy (non-hydrogen) atoms. The zero-order chi connectivity index (χ0) is 23.6. The molecule has 1 heterocycles. The Kier molecular flexibility index (Phi) is 7.03. The summed E-state index contributed by atoms with van der Waals surface area (Å²) in [4.78, 5) is 15.0. The smallest absolute Gasteiger partial charge is 0.243 e. The van der Waals surface area contributed by atoms with Crippen LogP contribution in [-0.2, 0) is 21.2 Å². The Hall–Kier alpha value is -2.09. The molecule has 1 unspecified atom stereocenters. The van der Waals surface area contributed by atoms with Gasteiger partial charge in [-0.3, -0.25) is 4.79 Å². The van der Waals surface area contributed by atoms with Crippen molar-refractivity contribution in [3.63, 3.8) is 0 Å². The lowest BCUT2D eigenvalue weighted by Crippen LogP contribution is -2.33. The molecule has 0 saturated carbocycles. The number of alkyl halides is 1. The monoisotopic (exact) mass is 489 g/mol. The first-order valence-electron chi connectivity index (χ1n) is 11.6. The van der Waals surface area contributed by atoms with Gasteiger partial charge in [0.1, 0.15) is 4.90 Å². The molecule has 4 rings (SSSR count). The molecule has 0 radical (unpaired) electrons. The largest absolute Gasteiger partial charge is 0.370 e. The van der Waals surface area contributed by atoms with Gasteiger partial charge >= 0.3 is 0 Å². The SMILES string of the molecule is CC(C)(CCl)C(=O)Nc1ccc(N2CCCC2)c(S(=O)(=O)NC2CCCc3ccccc32)c1. The van der Waals surface area contributed by atoms with Crippen LogP contribution in [0.15, 0.2) is 47.4 Å². The van der Waals surface area contributed by atoms with Crippen LogP contribution in [0.3, 0.4) is 0 Å². The van der Waals surface area contributed by atoms with Crippen LogP contribution in [0.4, 0.5) is 11.4 Å². The number of halogens is 1. The molecular weight excluding hydrogens is 458 g/mol. The van der Waals surface area contributed by atoms with Gasteiger partial charge in [0.15, 0.2) is 0 Å². The van der Waals surface area contributed by atoms with Gasteiger partial charge in [0.2, 0.25) is 15.9 Å². The molecule has 2 N–H and O–H groups in total. The van der Waals surface area contributed by atoms with Crippen molar-refractivity contribution in [2.45, 2.75) is 56.9 Å². The Bertz CT molecular complexity index is 1130. The molecule has 2 aliphatic rings. The number of hydrogen-bond acceptors (Lipinski definition) is 4. The molecule has 8 heteroatoms. The average molecular weight is 490 g/mol. The number of hydrogen-bond donors (Lipinski definition) is 2.